The predicted molar refractivity (Wildman–Crippen MR) is 88.6 cm³/mol. The highest BCUT2D eigenvalue weighted by atomic mass is 16.3. The molecule has 2 aromatic heterocycles. The first-order valence-electron chi connectivity index (χ1n) is 7.29. The molecule has 0 saturated heterocycles. The number of para-hydroxylation sites is 1. The summed E-state index contributed by atoms with van der Waals surface area (Å²) in [5.74, 6) is 0.913. The number of nitrogens with zero attached hydrogens (tertiary/aromatic N) is 2. The molecule has 3 rings (SSSR count). The van der Waals surface area contributed by atoms with Crippen LogP contribution in [-0.4, -0.2) is 17.9 Å². The predicted octanol–water partition coefficient (Wildman–Crippen LogP) is 3.37. The van der Waals surface area contributed by atoms with Gasteiger partial charge in [0.1, 0.15) is 5.82 Å². The summed E-state index contributed by atoms with van der Waals surface area (Å²) in [4.78, 5) is 18.3. The topological polar surface area (TPSA) is 58.4 Å². The molecule has 0 radical (unpaired) electrons. The number of aromatic nitrogens is 1. The Morgan fingerprint density at radius 2 is 1.96 bits per heavy atom. The lowest BCUT2D eigenvalue weighted by atomic mass is 10.2. The Morgan fingerprint density at radius 1 is 1.13 bits per heavy atom. The standard InChI is InChI=1S/C18H17N3O2/c1-21(15-6-3-2-4-7-15)17-10-9-14(12-19-17)13-20-18(22)16-8-5-11-23-16/h2-12H,13H2,1H3,(H,20,22). The van der Waals surface area contributed by atoms with Gasteiger partial charge in [-0.15, -0.1) is 0 Å². The number of rotatable bonds is 5. The van der Waals surface area contributed by atoms with E-state index in [2.05, 4.69) is 10.3 Å². The molecule has 0 fully saturated rings. The van der Waals surface area contributed by atoms with Gasteiger partial charge in [-0.05, 0) is 35.9 Å². The molecule has 0 aliphatic heterocycles. The Morgan fingerprint density at radius 3 is 2.61 bits per heavy atom. The highest BCUT2D eigenvalue weighted by Gasteiger charge is 2.08. The van der Waals surface area contributed by atoms with E-state index in [1.165, 1.54) is 6.26 Å². The van der Waals surface area contributed by atoms with Crippen LogP contribution in [0.3, 0.4) is 0 Å². The van der Waals surface area contributed by atoms with Crippen molar-refractivity contribution in [3.05, 3.63) is 78.4 Å². The number of pyridine rings is 1. The lowest BCUT2D eigenvalue weighted by Crippen LogP contribution is -2.22. The molecule has 2 heterocycles. The van der Waals surface area contributed by atoms with Gasteiger partial charge < -0.3 is 14.6 Å². The fraction of sp³-hybridized carbons (Fsp3) is 0.111. The van der Waals surface area contributed by atoms with E-state index in [0.717, 1.165) is 17.1 Å². The molecular weight excluding hydrogens is 290 g/mol. The summed E-state index contributed by atoms with van der Waals surface area (Å²) >= 11 is 0. The quantitative estimate of drug-likeness (QED) is 0.785. The van der Waals surface area contributed by atoms with Gasteiger partial charge in [0.2, 0.25) is 0 Å². The van der Waals surface area contributed by atoms with Gasteiger partial charge in [-0.2, -0.15) is 0 Å². The monoisotopic (exact) mass is 307 g/mol. The number of amides is 1. The third kappa shape index (κ3) is 3.58. The molecule has 0 aliphatic carbocycles. The summed E-state index contributed by atoms with van der Waals surface area (Å²) in [7, 11) is 1.97. The minimum Gasteiger partial charge on any atom is -0.459 e. The number of carbonyl (C=O) groups excluding carboxylic acids is 1. The molecular formula is C18H17N3O2. The summed E-state index contributed by atoms with van der Waals surface area (Å²) in [6.07, 6.45) is 3.24. The lowest BCUT2D eigenvalue weighted by Gasteiger charge is -2.18. The van der Waals surface area contributed by atoms with Crippen LogP contribution in [0.2, 0.25) is 0 Å². The molecule has 1 aromatic carbocycles. The van der Waals surface area contributed by atoms with Gasteiger partial charge in [0.05, 0.1) is 6.26 Å². The van der Waals surface area contributed by atoms with Crippen molar-refractivity contribution in [1.82, 2.24) is 10.3 Å². The summed E-state index contributed by atoms with van der Waals surface area (Å²) in [5, 5.41) is 2.80. The van der Waals surface area contributed by atoms with E-state index in [4.69, 9.17) is 4.42 Å². The molecule has 5 heteroatoms. The number of benzene rings is 1. The number of hydrogen-bond acceptors (Lipinski definition) is 4. The molecule has 3 aromatic rings. The summed E-state index contributed by atoms with van der Waals surface area (Å²) < 4.78 is 5.05. The third-order valence-electron chi connectivity index (χ3n) is 3.49. The molecule has 0 spiro atoms. The fourth-order valence-corrected chi connectivity index (χ4v) is 2.18. The van der Waals surface area contributed by atoms with Crippen LogP contribution in [0.25, 0.3) is 0 Å². The van der Waals surface area contributed by atoms with Crippen LogP contribution in [0, 0.1) is 0 Å². The molecule has 0 aliphatic rings. The maximum Gasteiger partial charge on any atom is 0.287 e. The normalized spacial score (nSPS) is 10.3. The molecule has 5 nitrogen and oxygen atoms in total. The zero-order chi connectivity index (χ0) is 16.1. The van der Waals surface area contributed by atoms with E-state index in [9.17, 15) is 4.79 Å². The maximum atomic E-state index is 11.8. The Labute approximate surface area is 134 Å². The summed E-state index contributed by atoms with van der Waals surface area (Å²) in [6.45, 7) is 0.405. The summed E-state index contributed by atoms with van der Waals surface area (Å²) in [5.41, 5.74) is 1.99. The summed E-state index contributed by atoms with van der Waals surface area (Å²) in [6, 6.07) is 17.2. The van der Waals surface area contributed by atoms with Crippen molar-refractivity contribution in [3.63, 3.8) is 0 Å². The molecule has 0 atom stereocenters. The van der Waals surface area contributed by atoms with E-state index in [1.807, 2.05) is 54.4 Å². The zero-order valence-corrected chi connectivity index (χ0v) is 12.8. The van der Waals surface area contributed by atoms with Crippen LogP contribution in [-0.2, 0) is 6.54 Å². The highest BCUT2D eigenvalue weighted by Crippen LogP contribution is 2.20. The van der Waals surface area contributed by atoms with Crippen LogP contribution >= 0.6 is 0 Å². The van der Waals surface area contributed by atoms with Crippen molar-refractivity contribution in [3.8, 4) is 0 Å². The first-order chi connectivity index (χ1) is 11.2. The maximum absolute atomic E-state index is 11.8. The van der Waals surface area contributed by atoms with Gasteiger partial charge in [-0.25, -0.2) is 4.98 Å². The lowest BCUT2D eigenvalue weighted by molar-refractivity contribution is 0.0923. The van der Waals surface area contributed by atoms with Gasteiger partial charge in [-0.3, -0.25) is 4.79 Å². The highest BCUT2D eigenvalue weighted by molar-refractivity contribution is 5.91. The minimum absolute atomic E-state index is 0.236. The smallest absolute Gasteiger partial charge is 0.287 e. The van der Waals surface area contributed by atoms with Gasteiger partial charge in [0.15, 0.2) is 5.76 Å². The largest absolute Gasteiger partial charge is 0.459 e. The molecule has 1 amide bonds. The fourth-order valence-electron chi connectivity index (χ4n) is 2.18. The van der Waals surface area contributed by atoms with E-state index >= 15 is 0 Å². The zero-order valence-electron chi connectivity index (χ0n) is 12.8. The van der Waals surface area contributed by atoms with Crippen LogP contribution in [0.5, 0.6) is 0 Å². The Balaban J connectivity index is 1.62. The first kappa shape index (κ1) is 14.8. The van der Waals surface area contributed by atoms with Gasteiger partial charge in [0.25, 0.3) is 5.91 Å². The van der Waals surface area contributed by atoms with Crippen molar-refractivity contribution < 1.29 is 9.21 Å². The second kappa shape index (κ2) is 6.79. The van der Waals surface area contributed by atoms with Crippen molar-refractivity contribution in [2.75, 3.05) is 11.9 Å². The van der Waals surface area contributed by atoms with Crippen molar-refractivity contribution in [2.24, 2.45) is 0 Å². The first-order valence-corrected chi connectivity index (χ1v) is 7.29. The Bertz CT molecular complexity index is 753. The van der Waals surface area contributed by atoms with Crippen LogP contribution in [0.15, 0.2) is 71.5 Å². The van der Waals surface area contributed by atoms with Gasteiger partial charge in [-0.1, -0.05) is 24.3 Å². The molecule has 0 bridgehead atoms. The Hall–Kier alpha value is -3.08. The van der Waals surface area contributed by atoms with Crippen LogP contribution < -0.4 is 10.2 Å². The van der Waals surface area contributed by atoms with E-state index in [1.54, 1.807) is 18.3 Å². The van der Waals surface area contributed by atoms with E-state index < -0.39 is 0 Å². The third-order valence-corrected chi connectivity index (χ3v) is 3.49. The van der Waals surface area contributed by atoms with Crippen LogP contribution in [0.1, 0.15) is 16.1 Å². The van der Waals surface area contributed by atoms with E-state index in [-0.39, 0.29) is 5.91 Å². The molecule has 1 N–H and O–H groups in total. The molecule has 116 valence electrons. The van der Waals surface area contributed by atoms with Gasteiger partial charge >= 0.3 is 0 Å². The van der Waals surface area contributed by atoms with Crippen molar-refractivity contribution >= 4 is 17.4 Å². The van der Waals surface area contributed by atoms with Crippen molar-refractivity contribution in [1.29, 1.82) is 0 Å². The second-order valence-corrected chi connectivity index (χ2v) is 5.08. The number of anilines is 2. The van der Waals surface area contributed by atoms with Crippen LogP contribution in [0.4, 0.5) is 11.5 Å². The minimum atomic E-state index is -0.236. The SMILES string of the molecule is CN(c1ccccc1)c1ccc(CNC(=O)c2ccco2)cn1. The molecule has 23 heavy (non-hydrogen) atoms. The molecule has 0 saturated carbocycles. The second-order valence-electron chi connectivity index (χ2n) is 5.08. The van der Waals surface area contributed by atoms with E-state index in [0.29, 0.717) is 12.3 Å². The van der Waals surface area contributed by atoms with Gasteiger partial charge in [0, 0.05) is 25.5 Å². The average Bonchev–Trinajstić information content (AvgIpc) is 3.15. The number of nitrogens with one attached hydrogen (secondary N) is 1. The Kier molecular flexibility index (Phi) is 4.38. The van der Waals surface area contributed by atoms with Crippen molar-refractivity contribution in [2.45, 2.75) is 6.54 Å². The number of hydrogen-bond donors (Lipinski definition) is 1. The molecule has 0 unspecified atom stereocenters. The number of carbonyl (C=O) groups is 1. The average molecular weight is 307 g/mol. The number of furan rings is 1.